The fourth-order valence-electron chi connectivity index (χ4n) is 2.39. The predicted octanol–water partition coefficient (Wildman–Crippen LogP) is 4.39. The Morgan fingerprint density at radius 1 is 1.04 bits per heavy atom. The zero-order valence-corrected chi connectivity index (χ0v) is 15.9. The minimum absolute atomic E-state index is 0.195. The number of benzene rings is 2. The predicted molar refractivity (Wildman–Crippen MR) is 108 cm³/mol. The number of hydrogen-bond acceptors (Lipinski definition) is 4. The lowest BCUT2D eigenvalue weighted by Gasteiger charge is -2.14. The number of para-hydroxylation sites is 3. The van der Waals surface area contributed by atoms with E-state index in [2.05, 4.69) is 17.6 Å². The Bertz CT molecular complexity index is 749. The average Bonchev–Trinajstić information content (AvgIpc) is 2.66. The first-order valence-corrected chi connectivity index (χ1v) is 9.03. The number of anilines is 1. The largest absolute Gasteiger partial charge is 0.495 e. The molecule has 0 saturated heterocycles. The molecule has 0 heterocycles. The van der Waals surface area contributed by atoms with Crippen LogP contribution in [0.15, 0.2) is 48.5 Å². The van der Waals surface area contributed by atoms with Crippen molar-refractivity contribution in [2.75, 3.05) is 19.0 Å². The fraction of sp³-hybridized carbons (Fsp3) is 0.300. The molecule has 0 aromatic heterocycles. The van der Waals surface area contributed by atoms with E-state index in [1.807, 2.05) is 30.3 Å². The van der Waals surface area contributed by atoms with Gasteiger partial charge in [0.05, 0.1) is 25.0 Å². The Balaban J connectivity index is 1.99. The molecular weight excluding hydrogens is 348 g/mol. The molecule has 2 rings (SSSR count). The molecule has 6 heteroatoms. The first-order chi connectivity index (χ1) is 12.7. The molecule has 2 aromatic carbocycles. The van der Waals surface area contributed by atoms with Crippen LogP contribution in [0.4, 0.5) is 5.69 Å². The Hall–Kier alpha value is -2.60. The lowest BCUT2D eigenvalue weighted by Crippen LogP contribution is -2.34. The summed E-state index contributed by atoms with van der Waals surface area (Å²) in [6.07, 6.45) is 3.18. The van der Waals surface area contributed by atoms with Gasteiger partial charge < -0.3 is 14.8 Å². The van der Waals surface area contributed by atoms with Crippen molar-refractivity contribution in [1.29, 1.82) is 0 Å². The molecule has 0 atom stereocenters. The van der Waals surface area contributed by atoms with E-state index in [0.29, 0.717) is 29.4 Å². The molecule has 0 spiro atoms. The van der Waals surface area contributed by atoms with Crippen molar-refractivity contribution >= 4 is 28.9 Å². The van der Waals surface area contributed by atoms with Gasteiger partial charge >= 0.3 is 0 Å². The van der Waals surface area contributed by atoms with Gasteiger partial charge in [0, 0.05) is 0 Å². The first kappa shape index (κ1) is 19.7. The van der Waals surface area contributed by atoms with Crippen molar-refractivity contribution < 1.29 is 14.3 Å². The second-order valence-electron chi connectivity index (χ2n) is 5.66. The summed E-state index contributed by atoms with van der Waals surface area (Å²) < 4.78 is 11.0. The van der Waals surface area contributed by atoms with Crippen LogP contribution in [0.5, 0.6) is 11.5 Å². The summed E-state index contributed by atoms with van der Waals surface area (Å²) in [6, 6.07) is 14.5. The number of thiocarbonyl (C=S) groups is 1. The van der Waals surface area contributed by atoms with E-state index in [1.165, 1.54) is 0 Å². The van der Waals surface area contributed by atoms with E-state index in [9.17, 15) is 4.79 Å². The molecule has 26 heavy (non-hydrogen) atoms. The molecule has 0 aliphatic rings. The van der Waals surface area contributed by atoms with Gasteiger partial charge in [-0.15, -0.1) is 0 Å². The second kappa shape index (κ2) is 10.4. The van der Waals surface area contributed by atoms with E-state index in [-0.39, 0.29) is 11.0 Å². The van der Waals surface area contributed by atoms with E-state index >= 15 is 0 Å². The molecule has 0 aliphatic heterocycles. The summed E-state index contributed by atoms with van der Waals surface area (Å²) in [5.41, 5.74) is 1.14. The lowest BCUT2D eigenvalue weighted by atomic mass is 10.2. The smallest absolute Gasteiger partial charge is 0.261 e. The number of carbonyl (C=O) groups excluding carboxylic acids is 1. The van der Waals surface area contributed by atoms with Crippen molar-refractivity contribution in [3.63, 3.8) is 0 Å². The number of unbranched alkanes of at least 4 members (excludes halogenated alkanes) is 2. The minimum atomic E-state index is -0.316. The van der Waals surface area contributed by atoms with Crippen LogP contribution in [-0.4, -0.2) is 24.7 Å². The topological polar surface area (TPSA) is 59.6 Å². The highest BCUT2D eigenvalue weighted by molar-refractivity contribution is 7.80. The van der Waals surface area contributed by atoms with Gasteiger partial charge in [-0.25, -0.2) is 0 Å². The van der Waals surface area contributed by atoms with Gasteiger partial charge in [-0.3, -0.25) is 10.1 Å². The first-order valence-electron chi connectivity index (χ1n) is 8.63. The van der Waals surface area contributed by atoms with E-state index in [1.54, 1.807) is 25.3 Å². The molecule has 2 N–H and O–H groups in total. The van der Waals surface area contributed by atoms with Crippen LogP contribution < -0.4 is 20.1 Å². The number of amides is 1. The van der Waals surface area contributed by atoms with Crippen LogP contribution in [0.1, 0.15) is 36.5 Å². The van der Waals surface area contributed by atoms with Crippen LogP contribution in [0, 0.1) is 0 Å². The van der Waals surface area contributed by atoms with Gasteiger partial charge in [0.1, 0.15) is 11.5 Å². The second-order valence-corrected chi connectivity index (χ2v) is 6.07. The molecule has 2 aromatic rings. The maximum atomic E-state index is 12.6. The number of rotatable bonds is 8. The summed E-state index contributed by atoms with van der Waals surface area (Å²) in [4.78, 5) is 12.6. The SMILES string of the molecule is CCCCCOc1ccccc1C(=O)NC(=S)Nc1ccccc1OC. The molecule has 0 saturated carbocycles. The number of ether oxygens (including phenoxy) is 2. The molecule has 0 aliphatic carbocycles. The molecule has 0 unspecified atom stereocenters. The van der Waals surface area contributed by atoms with Gasteiger partial charge in [0.2, 0.25) is 0 Å². The summed E-state index contributed by atoms with van der Waals surface area (Å²) >= 11 is 5.25. The Morgan fingerprint density at radius 2 is 1.73 bits per heavy atom. The maximum Gasteiger partial charge on any atom is 0.261 e. The zero-order valence-electron chi connectivity index (χ0n) is 15.1. The summed E-state index contributed by atoms with van der Waals surface area (Å²) in [5.74, 6) is 0.883. The highest BCUT2D eigenvalue weighted by Gasteiger charge is 2.14. The summed E-state index contributed by atoms with van der Waals surface area (Å²) in [5, 5.41) is 5.85. The summed E-state index contributed by atoms with van der Waals surface area (Å²) in [7, 11) is 1.58. The normalized spacial score (nSPS) is 10.1. The van der Waals surface area contributed by atoms with Gasteiger partial charge in [0.15, 0.2) is 5.11 Å². The third kappa shape index (κ3) is 5.74. The van der Waals surface area contributed by atoms with Crippen LogP contribution >= 0.6 is 12.2 Å². The highest BCUT2D eigenvalue weighted by Crippen LogP contribution is 2.23. The van der Waals surface area contributed by atoms with Gasteiger partial charge in [-0.1, -0.05) is 44.0 Å². The Kier molecular flexibility index (Phi) is 7.89. The zero-order chi connectivity index (χ0) is 18.8. The average molecular weight is 372 g/mol. The molecule has 0 fully saturated rings. The van der Waals surface area contributed by atoms with Gasteiger partial charge in [0.25, 0.3) is 5.91 Å². The van der Waals surface area contributed by atoms with E-state index in [4.69, 9.17) is 21.7 Å². The van der Waals surface area contributed by atoms with Crippen LogP contribution in [0.25, 0.3) is 0 Å². The number of nitrogens with one attached hydrogen (secondary N) is 2. The molecule has 1 amide bonds. The van der Waals surface area contributed by atoms with Crippen molar-refractivity contribution in [2.45, 2.75) is 26.2 Å². The maximum absolute atomic E-state index is 12.6. The molecule has 0 radical (unpaired) electrons. The van der Waals surface area contributed by atoms with Crippen molar-refractivity contribution in [3.05, 3.63) is 54.1 Å². The van der Waals surface area contributed by atoms with Gasteiger partial charge in [-0.2, -0.15) is 0 Å². The quantitative estimate of drug-likeness (QED) is 0.532. The molecular formula is C20H24N2O3S. The standard InChI is InChI=1S/C20H24N2O3S/c1-3-4-9-14-25-17-12-7-5-10-15(17)19(23)22-20(26)21-16-11-6-8-13-18(16)24-2/h5-8,10-13H,3-4,9,14H2,1-2H3,(H2,21,22,23,26). The molecule has 0 bridgehead atoms. The fourth-order valence-corrected chi connectivity index (χ4v) is 2.59. The van der Waals surface area contributed by atoms with Crippen molar-refractivity contribution in [1.82, 2.24) is 5.32 Å². The van der Waals surface area contributed by atoms with Crippen LogP contribution in [-0.2, 0) is 0 Å². The van der Waals surface area contributed by atoms with E-state index in [0.717, 1.165) is 19.3 Å². The monoisotopic (exact) mass is 372 g/mol. The van der Waals surface area contributed by atoms with Crippen molar-refractivity contribution in [3.8, 4) is 11.5 Å². The number of methoxy groups -OCH3 is 1. The lowest BCUT2D eigenvalue weighted by molar-refractivity contribution is 0.0973. The number of carbonyl (C=O) groups is 1. The summed E-state index contributed by atoms with van der Waals surface area (Å²) in [6.45, 7) is 2.72. The van der Waals surface area contributed by atoms with Crippen LogP contribution in [0.3, 0.4) is 0 Å². The van der Waals surface area contributed by atoms with E-state index < -0.39 is 0 Å². The Labute approximate surface area is 159 Å². The Morgan fingerprint density at radius 3 is 2.46 bits per heavy atom. The van der Waals surface area contributed by atoms with Crippen molar-refractivity contribution in [2.24, 2.45) is 0 Å². The highest BCUT2D eigenvalue weighted by atomic mass is 32.1. The third-order valence-electron chi connectivity index (χ3n) is 3.72. The number of hydrogen-bond donors (Lipinski definition) is 2. The minimum Gasteiger partial charge on any atom is -0.495 e. The van der Waals surface area contributed by atoms with Crippen LogP contribution in [0.2, 0.25) is 0 Å². The molecule has 138 valence electrons. The third-order valence-corrected chi connectivity index (χ3v) is 3.92. The molecule has 5 nitrogen and oxygen atoms in total. The van der Waals surface area contributed by atoms with Gasteiger partial charge in [-0.05, 0) is 42.9 Å².